The van der Waals surface area contributed by atoms with Crippen LogP contribution in [0.4, 0.5) is 10.2 Å². The molecule has 3 aromatic rings. The van der Waals surface area contributed by atoms with Gasteiger partial charge < -0.3 is 15.4 Å². The van der Waals surface area contributed by atoms with Gasteiger partial charge in [-0.05, 0) is 18.6 Å². The lowest BCUT2D eigenvalue weighted by Gasteiger charge is -2.13. The first kappa shape index (κ1) is 17.3. The van der Waals surface area contributed by atoms with Gasteiger partial charge in [0.15, 0.2) is 16.6 Å². The van der Waals surface area contributed by atoms with Gasteiger partial charge in [0.25, 0.3) is 5.56 Å². The Labute approximate surface area is 146 Å². The minimum absolute atomic E-state index is 0.0907. The number of thioether (sulfide) groups is 1. The summed E-state index contributed by atoms with van der Waals surface area (Å²) in [5, 5.41) is 12.6. The second kappa shape index (κ2) is 7.58. The first-order chi connectivity index (χ1) is 12.1. The van der Waals surface area contributed by atoms with Gasteiger partial charge in [0.2, 0.25) is 0 Å². The van der Waals surface area contributed by atoms with Crippen LogP contribution in [-0.2, 0) is 5.75 Å². The number of aliphatic hydroxyl groups excluding tert-OH is 1. The Morgan fingerprint density at radius 3 is 2.92 bits per heavy atom. The number of fused-ring (bicyclic) bond motifs is 1. The summed E-state index contributed by atoms with van der Waals surface area (Å²) in [6.45, 7) is 1.69. The number of nitrogens with one attached hydrogen (secondary N) is 2. The number of halogens is 1. The van der Waals surface area contributed by atoms with E-state index in [0.29, 0.717) is 27.8 Å². The molecule has 0 fully saturated rings. The van der Waals surface area contributed by atoms with Crippen molar-refractivity contribution in [3.63, 3.8) is 0 Å². The Kier molecular flexibility index (Phi) is 5.25. The van der Waals surface area contributed by atoms with Crippen LogP contribution in [0.5, 0.6) is 0 Å². The fraction of sp³-hybridized carbons (Fsp3) is 0.250. The van der Waals surface area contributed by atoms with Gasteiger partial charge in [-0.15, -0.1) is 0 Å². The van der Waals surface area contributed by atoms with E-state index in [4.69, 9.17) is 0 Å². The Balaban J connectivity index is 1.94. The fourth-order valence-corrected chi connectivity index (χ4v) is 2.95. The van der Waals surface area contributed by atoms with Crippen molar-refractivity contribution in [1.82, 2.24) is 19.9 Å². The molecule has 3 N–H and O–H groups in total. The third-order valence-corrected chi connectivity index (χ3v) is 4.28. The van der Waals surface area contributed by atoms with Crippen molar-refractivity contribution >= 4 is 28.7 Å². The zero-order valence-electron chi connectivity index (χ0n) is 13.4. The second-order valence-electron chi connectivity index (χ2n) is 5.41. The van der Waals surface area contributed by atoms with Crippen molar-refractivity contribution in [2.24, 2.45) is 0 Å². The Morgan fingerprint density at radius 2 is 2.16 bits per heavy atom. The minimum Gasteiger partial charge on any atom is -0.394 e. The number of rotatable bonds is 6. The Morgan fingerprint density at radius 1 is 1.36 bits per heavy atom. The Bertz CT molecular complexity index is 949. The number of hydrogen-bond acceptors (Lipinski definition) is 7. The molecule has 0 aliphatic carbocycles. The molecular formula is C16H16FN5O2S. The predicted molar refractivity (Wildman–Crippen MR) is 94.1 cm³/mol. The van der Waals surface area contributed by atoms with Crippen molar-refractivity contribution in [3.8, 4) is 0 Å². The van der Waals surface area contributed by atoms with Gasteiger partial charge in [-0.25, -0.2) is 19.3 Å². The van der Waals surface area contributed by atoms with Crippen LogP contribution in [0, 0.1) is 5.82 Å². The van der Waals surface area contributed by atoms with Crippen LogP contribution in [-0.4, -0.2) is 37.7 Å². The zero-order chi connectivity index (χ0) is 17.8. The molecule has 0 saturated carbocycles. The van der Waals surface area contributed by atoms with Gasteiger partial charge >= 0.3 is 0 Å². The number of nitrogens with zero attached hydrogens (tertiary/aromatic N) is 3. The summed E-state index contributed by atoms with van der Waals surface area (Å²) in [7, 11) is 0. The number of aromatic amines is 1. The van der Waals surface area contributed by atoms with Crippen LogP contribution in [0.25, 0.3) is 11.2 Å². The number of aromatic nitrogens is 4. The molecule has 0 unspecified atom stereocenters. The highest BCUT2D eigenvalue weighted by atomic mass is 32.2. The van der Waals surface area contributed by atoms with Crippen molar-refractivity contribution in [3.05, 3.63) is 52.2 Å². The number of anilines is 1. The molecule has 2 aromatic heterocycles. The van der Waals surface area contributed by atoms with Crippen LogP contribution in [0.2, 0.25) is 0 Å². The molecule has 0 aliphatic heterocycles. The second-order valence-corrected chi connectivity index (χ2v) is 6.35. The summed E-state index contributed by atoms with van der Waals surface area (Å²) in [6, 6.07) is 6.23. The van der Waals surface area contributed by atoms with Gasteiger partial charge in [0.05, 0.1) is 12.8 Å². The summed E-state index contributed by atoms with van der Waals surface area (Å²) < 4.78 is 13.7. The van der Waals surface area contributed by atoms with E-state index in [-0.39, 0.29) is 29.7 Å². The molecule has 9 heteroatoms. The number of H-pyrrole nitrogens is 1. The third-order valence-electron chi connectivity index (χ3n) is 3.39. The molecule has 25 heavy (non-hydrogen) atoms. The maximum Gasteiger partial charge on any atom is 0.268 e. The lowest BCUT2D eigenvalue weighted by Crippen LogP contribution is -2.21. The van der Waals surface area contributed by atoms with E-state index >= 15 is 0 Å². The van der Waals surface area contributed by atoms with Gasteiger partial charge in [0.1, 0.15) is 11.3 Å². The monoisotopic (exact) mass is 361 g/mol. The van der Waals surface area contributed by atoms with Crippen molar-refractivity contribution in [1.29, 1.82) is 0 Å². The number of benzene rings is 1. The van der Waals surface area contributed by atoms with Crippen LogP contribution >= 0.6 is 11.8 Å². The summed E-state index contributed by atoms with van der Waals surface area (Å²) >= 11 is 1.24. The highest BCUT2D eigenvalue weighted by molar-refractivity contribution is 7.98. The summed E-state index contributed by atoms with van der Waals surface area (Å²) in [4.78, 5) is 26.9. The first-order valence-corrected chi connectivity index (χ1v) is 8.56. The number of hydrogen-bond donors (Lipinski definition) is 3. The molecule has 0 aliphatic rings. The van der Waals surface area contributed by atoms with E-state index in [1.54, 1.807) is 25.1 Å². The van der Waals surface area contributed by atoms with Crippen molar-refractivity contribution in [2.75, 3.05) is 11.9 Å². The van der Waals surface area contributed by atoms with E-state index < -0.39 is 0 Å². The highest BCUT2D eigenvalue weighted by Crippen LogP contribution is 2.25. The standard InChI is InChI=1S/C16H16FN5O2S/c1-9(7-23)19-14-13-15(20-12(24)6-18-13)22-16(21-14)25-8-10-4-2-3-5-11(10)17/h2-6,9,23H,7-8H2,1H3,(H2,19,20,21,22,24)/t9-/m1/s1. The van der Waals surface area contributed by atoms with E-state index in [9.17, 15) is 14.3 Å². The molecule has 3 rings (SSSR count). The van der Waals surface area contributed by atoms with Crippen LogP contribution in [0.15, 0.2) is 40.4 Å². The fourth-order valence-electron chi connectivity index (χ4n) is 2.12. The van der Waals surface area contributed by atoms with E-state index in [0.717, 1.165) is 6.20 Å². The van der Waals surface area contributed by atoms with Gasteiger partial charge in [-0.3, -0.25) is 4.79 Å². The molecule has 0 saturated heterocycles. The highest BCUT2D eigenvalue weighted by Gasteiger charge is 2.13. The van der Waals surface area contributed by atoms with E-state index in [1.165, 1.54) is 17.8 Å². The maximum atomic E-state index is 13.7. The topological polar surface area (TPSA) is 104 Å². The first-order valence-electron chi connectivity index (χ1n) is 7.57. The third kappa shape index (κ3) is 4.12. The van der Waals surface area contributed by atoms with Crippen LogP contribution in [0.3, 0.4) is 0 Å². The van der Waals surface area contributed by atoms with E-state index in [2.05, 4.69) is 25.3 Å². The largest absolute Gasteiger partial charge is 0.394 e. The van der Waals surface area contributed by atoms with Crippen molar-refractivity contribution < 1.29 is 9.50 Å². The SMILES string of the molecule is C[C@H](CO)Nc1nc(SCc2ccccc2F)nc2[nH]c(=O)cnc12. The quantitative estimate of drug-likeness (QED) is 0.455. The molecule has 0 radical (unpaired) electrons. The maximum absolute atomic E-state index is 13.7. The molecule has 7 nitrogen and oxygen atoms in total. The predicted octanol–water partition coefficient (Wildman–Crippen LogP) is 1.94. The van der Waals surface area contributed by atoms with Gasteiger partial charge in [0, 0.05) is 11.8 Å². The zero-order valence-corrected chi connectivity index (χ0v) is 14.2. The molecule has 0 amide bonds. The molecule has 2 heterocycles. The lowest BCUT2D eigenvalue weighted by molar-refractivity contribution is 0.281. The average molecular weight is 361 g/mol. The molecular weight excluding hydrogens is 345 g/mol. The van der Waals surface area contributed by atoms with Gasteiger partial charge in [-0.2, -0.15) is 0 Å². The molecule has 0 bridgehead atoms. The smallest absolute Gasteiger partial charge is 0.268 e. The van der Waals surface area contributed by atoms with E-state index in [1.807, 2.05) is 0 Å². The van der Waals surface area contributed by atoms with Crippen LogP contribution in [0.1, 0.15) is 12.5 Å². The summed E-state index contributed by atoms with van der Waals surface area (Å²) in [5.74, 6) is 0.453. The molecule has 1 atom stereocenters. The van der Waals surface area contributed by atoms with Crippen LogP contribution < -0.4 is 10.9 Å². The van der Waals surface area contributed by atoms with Crippen molar-refractivity contribution in [2.45, 2.75) is 23.9 Å². The van der Waals surface area contributed by atoms with Gasteiger partial charge in [-0.1, -0.05) is 30.0 Å². The number of aliphatic hydroxyl groups is 1. The lowest BCUT2D eigenvalue weighted by atomic mass is 10.2. The molecule has 130 valence electrons. The average Bonchev–Trinajstić information content (AvgIpc) is 2.60. The minimum atomic E-state index is -0.377. The summed E-state index contributed by atoms with van der Waals surface area (Å²) in [6.07, 6.45) is 1.15. The normalized spacial score (nSPS) is 12.3. The molecule has 0 spiro atoms. The molecule has 1 aromatic carbocycles. The summed E-state index contributed by atoms with van der Waals surface area (Å²) in [5.41, 5.74) is 0.841. The Hall–Kier alpha value is -2.52.